The normalized spacial score (nSPS) is 12.4. The van der Waals surface area contributed by atoms with Crippen LogP contribution in [0.5, 0.6) is 0 Å². The highest BCUT2D eigenvalue weighted by atomic mass is 16.1. The molecule has 0 rings (SSSR count). The van der Waals surface area contributed by atoms with E-state index in [2.05, 4.69) is 0 Å². The summed E-state index contributed by atoms with van der Waals surface area (Å²) in [6.07, 6.45) is 3.35. The predicted molar refractivity (Wildman–Crippen MR) is 47.3 cm³/mol. The summed E-state index contributed by atoms with van der Waals surface area (Å²) in [6, 6.07) is -0.296. The van der Waals surface area contributed by atoms with Crippen molar-refractivity contribution in [3.05, 3.63) is 11.6 Å². The van der Waals surface area contributed by atoms with Gasteiger partial charge in [0, 0.05) is 0 Å². The molecule has 0 spiro atoms. The van der Waals surface area contributed by atoms with E-state index in [1.807, 2.05) is 20.8 Å². The average Bonchev–Trinajstić information content (AvgIpc) is 1.86. The number of hydrogen-bond acceptors (Lipinski definition) is 2. The molecule has 0 bridgehead atoms. The van der Waals surface area contributed by atoms with Crippen LogP contribution in [0.2, 0.25) is 0 Å². The van der Waals surface area contributed by atoms with E-state index < -0.39 is 0 Å². The highest BCUT2D eigenvalue weighted by molar-refractivity contribution is 5.94. The first-order valence-corrected chi connectivity index (χ1v) is 4.02. The van der Waals surface area contributed by atoms with Gasteiger partial charge in [-0.05, 0) is 26.3 Å². The van der Waals surface area contributed by atoms with Crippen molar-refractivity contribution in [2.75, 3.05) is 0 Å². The number of rotatable bonds is 4. The van der Waals surface area contributed by atoms with Crippen molar-refractivity contribution in [1.29, 1.82) is 0 Å². The van der Waals surface area contributed by atoms with Crippen molar-refractivity contribution in [1.82, 2.24) is 0 Å². The molecule has 2 nitrogen and oxygen atoms in total. The second-order valence-electron chi connectivity index (χ2n) is 3.02. The number of nitrogens with two attached hydrogens (primary N) is 1. The highest BCUT2D eigenvalue weighted by Crippen LogP contribution is 1.98. The standard InChI is InChI=1S/C9H17NO/c1-4-5-8(10)9(11)6-7(2)3/h6,8H,4-5,10H2,1-3H3. The van der Waals surface area contributed by atoms with Crippen LogP contribution in [0.25, 0.3) is 0 Å². The molecule has 11 heavy (non-hydrogen) atoms. The van der Waals surface area contributed by atoms with Crippen LogP contribution >= 0.6 is 0 Å². The summed E-state index contributed by atoms with van der Waals surface area (Å²) in [7, 11) is 0. The monoisotopic (exact) mass is 155 g/mol. The van der Waals surface area contributed by atoms with Crippen molar-refractivity contribution >= 4 is 5.78 Å². The number of carbonyl (C=O) groups excluding carboxylic acids is 1. The van der Waals surface area contributed by atoms with Crippen LogP contribution in [-0.4, -0.2) is 11.8 Å². The van der Waals surface area contributed by atoms with Gasteiger partial charge in [0.15, 0.2) is 5.78 Å². The third-order valence-electron chi connectivity index (χ3n) is 1.40. The Hall–Kier alpha value is -0.630. The molecule has 1 atom stereocenters. The van der Waals surface area contributed by atoms with Gasteiger partial charge in [0.25, 0.3) is 0 Å². The zero-order valence-corrected chi connectivity index (χ0v) is 7.55. The van der Waals surface area contributed by atoms with Crippen LogP contribution in [0.15, 0.2) is 11.6 Å². The van der Waals surface area contributed by atoms with Gasteiger partial charge >= 0.3 is 0 Å². The largest absolute Gasteiger partial charge is 0.321 e. The number of allylic oxidation sites excluding steroid dienone is 1. The van der Waals surface area contributed by atoms with Crippen LogP contribution in [0.4, 0.5) is 0 Å². The number of hydrogen-bond donors (Lipinski definition) is 1. The van der Waals surface area contributed by atoms with Crippen molar-refractivity contribution in [2.45, 2.75) is 39.7 Å². The van der Waals surface area contributed by atoms with Gasteiger partial charge in [-0.1, -0.05) is 18.9 Å². The first-order valence-electron chi connectivity index (χ1n) is 4.02. The predicted octanol–water partition coefficient (Wildman–Crippen LogP) is 1.65. The van der Waals surface area contributed by atoms with Gasteiger partial charge in [0.2, 0.25) is 0 Å². The molecule has 64 valence electrons. The lowest BCUT2D eigenvalue weighted by atomic mass is 10.1. The molecule has 0 amide bonds. The van der Waals surface area contributed by atoms with Crippen molar-refractivity contribution in [2.24, 2.45) is 5.73 Å². The molecule has 0 saturated heterocycles. The maximum atomic E-state index is 11.1. The van der Waals surface area contributed by atoms with E-state index in [0.717, 1.165) is 18.4 Å². The van der Waals surface area contributed by atoms with Crippen molar-refractivity contribution in [3.63, 3.8) is 0 Å². The van der Waals surface area contributed by atoms with Gasteiger partial charge in [-0.2, -0.15) is 0 Å². The summed E-state index contributed by atoms with van der Waals surface area (Å²) < 4.78 is 0. The first kappa shape index (κ1) is 10.4. The molecule has 0 aromatic heterocycles. The van der Waals surface area contributed by atoms with E-state index in [0.29, 0.717) is 0 Å². The van der Waals surface area contributed by atoms with Crippen LogP contribution in [0, 0.1) is 0 Å². The van der Waals surface area contributed by atoms with E-state index in [1.54, 1.807) is 6.08 Å². The van der Waals surface area contributed by atoms with Gasteiger partial charge in [-0.15, -0.1) is 0 Å². The lowest BCUT2D eigenvalue weighted by Crippen LogP contribution is -2.28. The SMILES string of the molecule is CCCC(N)C(=O)C=C(C)C. The lowest BCUT2D eigenvalue weighted by Gasteiger charge is -2.04. The van der Waals surface area contributed by atoms with Crippen LogP contribution in [0.1, 0.15) is 33.6 Å². The van der Waals surface area contributed by atoms with Gasteiger partial charge in [0.05, 0.1) is 6.04 Å². The molecule has 0 aliphatic carbocycles. The molecule has 0 aliphatic heterocycles. The molecule has 0 fully saturated rings. The van der Waals surface area contributed by atoms with E-state index in [1.165, 1.54) is 0 Å². The Morgan fingerprint density at radius 3 is 2.45 bits per heavy atom. The molecular weight excluding hydrogens is 138 g/mol. The maximum absolute atomic E-state index is 11.1. The lowest BCUT2D eigenvalue weighted by molar-refractivity contribution is -0.115. The van der Waals surface area contributed by atoms with Crippen molar-refractivity contribution < 1.29 is 4.79 Å². The zero-order chi connectivity index (χ0) is 8.85. The minimum Gasteiger partial charge on any atom is -0.321 e. The molecule has 0 heterocycles. The molecule has 2 heteroatoms. The average molecular weight is 155 g/mol. The van der Waals surface area contributed by atoms with Crippen LogP contribution < -0.4 is 5.73 Å². The second-order valence-corrected chi connectivity index (χ2v) is 3.02. The minimum atomic E-state index is -0.296. The van der Waals surface area contributed by atoms with E-state index in [-0.39, 0.29) is 11.8 Å². The summed E-state index contributed by atoms with van der Waals surface area (Å²) >= 11 is 0. The Bertz CT molecular complexity index is 157. The third kappa shape index (κ3) is 4.73. The zero-order valence-electron chi connectivity index (χ0n) is 7.55. The Kier molecular flexibility index (Phi) is 4.79. The topological polar surface area (TPSA) is 43.1 Å². The Labute approximate surface area is 68.5 Å². The number of ketones is 1. The summed E-state index contributed by atoms with van der Waals surface area (Å²) in [5.74, 6) is 0.0480. The fraction of sp³-hybridized carbons (Fsp3) is 0.667. The molecular formula is C9H17NO. The van der Waals surface area contributed by atoms with Gasteiger partial charge in [-0.3, -0.25) is 4.79 Å². The summed E-state index contributed by atoms with van der Waals surface area (Å²) in [5.41, 5.74) is 6.60. The first-order chi connectivity index (χ1) is 5.07. The maximum Gasteiger partial charge on any atom is 0.172 e. The Morgan fingerprint density at radius 1 is 1.55 bits per heavy atom. The summed E-state index contributed by atoms with van der Waals surface area (Å²) in [5, 5.41) is 0. The van der Waals surface area contributed by atoms with Gasteiger partial charge in [-0.25, -0.2) is 0 Å². The van der Waals surface area contributed by atoms with Gasteiger partial charge in [0.1, 0.15) is 0 Å². The van der Waals surface area contributed by atoms with Crippen LogP contribution in [0.3, 0.4) is 0 Å². The minimum absolute atomic E-state index is 0.0480. The summed E-state index contributed by atoms with van der Waals surface area (Å²) in [4.78, 5) is 11.1. The smallest absolute Gasteiger partial charge is 0.172 e. The van der Waals surface area contributed by atoms with E-state index >= 15 is 0 Å². The third-order valence-corrected chi connectivity index (χ3v) is 1.40. The molecule has 0 aliphatic rings. The summed E-state index contributed by atoms with van der Waals surface area (Å²) in [6.45, 7) is 5.82. The van der Waals surface area contributed by atoms with Crippen molar-refractivity contribution in [3.8, 4) is 0 Å². The quantitative estimate of drug-likeness (QED) is 0.627. The molecule has 0 aromatic carbocycles. The molecule has 0 aromatic rings. The van der Waals surface area contributed by atoms with Gasteiger partial charge < -0.3 is 5.73 Å². The van der Waals surface area contributed by atoms with E-state index in [4.69, 9.17) is 5.73 Å². The Morgan fingerprint density at radius 2 is 2.09 bits per heavy atom. The molecule has 1 unspecified atom stereocenters. The fourth-order valence-corrected chi connectivity index (χ4v) is 0.845. The number of carbonyl (C=O) groups is 1. The molecule has 0 radical (unpaired) electrons. The second kappa shape index (κ2) is 5.08. The van der Waals surface area contributed by atoms with E-state index in [9.17, 15) is 4.79 Å². The highest BCUT2D eigenvalue weighted by Gasteiger charge is 2.08. The Balaban J connectivity index is 3.93. The molecule has 2 N–H and O–H groups in total. The van der Waals surface area contributed by atoms with Crippen LogP contribution in [-0.2, 0) is 4.79 Å². The molecule has 0 saturated carbocycles. The fourth-order valence-electron chi connectivity index (χ4n) is 0.845.